The topological polar surface area (TPSA) is 44.3 Å². The van der Waals surface area contributed by atoms with E-state index >= 15 is 0 Å². The molecule has 0 amide bonds. The predicted molar refractivity (Wildman–Crippen MR) is 110 cm³/mol. The first kappa shape index (κ1) is 18.6. The summed E-state index contributed by atoms with van der Waals surface area (Å²) in [5, 5.41) is 3.50. The van der Waals surface area contributed by atoms with E-state index in [-0.39, 0.29) is 0 Å². The zero-order valence-electron chi connectivity index (χ0n) is 16.1. The van der Waals surface area contributed by atoms with E-state index in [0.29, 0.717) is 0 Å². The number of hydrogen-bond donors (Lipinski definition) is 1. The summed E-state index contributed by atoms with van der Waals surface area (Å²) in [5.74, 6) is 2.79. The van der Waals surface area contributed by atoms with Gasteiger partial charge >= 0.3 is 0 Å². The lowest BCUT2D eigenvalue weighted by molar-refractivity contribution is 0.405. The Kier molecular flexibility index (Phi) is 6.83. The van der Waals surface area contributed by atoms with Crippen LogP contribution in [-0.4, -0.2) is 55.1 Å². The summed E-state index contributed by atoms with van der Waals surface area (Å²) in [7, 11) is 4.21. The highest BCUT2D eigenvalue weighted by Crippen LogP contribution is 2.24. The molecule has 1 N–H and O–H groups in total. The van der Waals surface area contributed by atoms with Gasteiger partial charge in [-0.05, 0) is 39.9 Å². The third-order valence-corrected chi connectivity index (χ3v) is 4.76. The summed E-state index contributed by atoms with van der Waals surface area (Å²) in [6.45, 7) is 4.17. The summed E-state index contributed by atoms with van der Waals surface area (Å²) >= 11 is 0. The summed E-state index contributed by atoms with van der Waals surface area (Å²) in [5.41, 5.74) is 1.07. The van der Waals surface area contributed by atoms with Crippen LogP contribution in [0, 0.1) is 0 Å². The number of nitrogens with zero attached hydrogens (tertiary/aromatic N) is 4. The normalized spacial score (nSPS) is 15.1. The van der Waals surface area contributed by atoms with Crippen molar-refractivity contribution in [2.75, 3.05) is 50.5 Å². The van der Waals surface area contributed by atoms with Gasteiger partial charge in [0.25, 0.3) is 0 Å². The van der Waals surface area contributed by atoms with Crippen LogP contribution in [0.5, 0.6) is 0 Å². The molecule has 0 saturated carbocycles. The molecule has 5 nitrogen and oxygen atoms in total. The Hall–Kier alpha value is -2.14. The Labute approximate surface area is 157 Å². The molecule has 1 aliphatic heterocycles. The number of anilines is 2. The largest absolute Gasteiger partial charge is 0.370 e. The first-order valence-electron chi connectivity index (χ1n) is 9.80. The third kappa shape index (κ3) is 5.43. The molecule has 0 radical (unpaired) electrons. The van der Waals surface area contributed by atoms with Crippen LogP contribution < -0.4 is 10.2 Å². The molecule has 140 valence electrons. The summed E-state index contributed by atoms with van der Waals surface area (Å²) < 4.78 is 0. The molecule has 0 spiro atoms. The Bertz CT molecular complexity index is 663. The number of hydrogen-bond acceptors (Lipinski definition) is 5. The Morgan fingerprint density at radius 2 is 1.73 bits per heavy atom. The summed E-state index contributed by atoms with van der Waals surface area (Å²) in [4.78, 5) is 14.3. The fourth-order valence-corrected chi connectivity index (χ4v) is 3.31. The molecule has 1 aliphatic rings. The highest BCUT2D eigenvalue weighted by Gasteiger charge is 2.14. The van der Waals surface area contributed by atoms with Gasteiger partial charge in [0.2, 0.25) is 0 Å². The second-order valence-electron chi connectivity index (χ2n) is 7.29. The zero-order chi connectivity index (χ0) is 18.2. The average Bonchev–Trinajstić information content (AvgIpc) is 2.95. The second kappa shape index (κ2) is 9.53. The maximum Gasteiger partial charge on any atom is 0.163 e. The molecule has 26 heavy (non-hydrogen) atoms. The van der Waals surface area contributed by atoms with Gasteiger partial charge in [0.05, 0.1) is 0 Å². The van der Waals surface area contributed by atoms with Crippen molar-refractivity contribution in [1.29, 1.82) is 0 Å². The van der Waals surface area contributed by atoms with Crippen molar-refractivity contribution in [2.45, 2.75) is 32.1 Å². The van der Waals surface area contributed by atoms with E-state index in [1.807, 2.05) is 18.2 Å². The molecule has 3 rings (SSSR count). The molecular formula is C21H31N5. The highest BCUT2D eigenvalue weighted by atomic mass is 15.2. The van der Waals surface area contributed by atoms with Crippen LogP contribution in [0.1, 0.15) is 32.1 Å². The molecule has 0 aliphatic carbocycles. The van der Waals surface area contributed by atoms with Crippen molar-refractivity contribution in [1.82, 2.24) is 14.9 Å². The smallest absolute Gasteiger partial charge is 0.163 e. The maximum atomic E-state index is 4.89. The van der Waals surface area contributed by atoms with Gasteiger partial charge in [0.1, 0.15) is 11.6 Å². The molecule has 2 heterocycles. The van der Waals surface area contributed by atoms with Gasteiger partial charge in [-0.15, -0.1) is 0 Å². The van der Waals surface area contributed by atoms with E-state index in [1.54, 1.807) is 0 Å². The molecular weight excluding hydrogens is 322 g/mol. The van der Waals surface area contributed by atoms with Crippen molar-refractivity contribution in [3.63, 3.8) is 0 Å². The zero-order valence-corrected chi connectivity index (χ0v) is 16.1. The van der Waals surface area contributed by atoms with Gasteiger partial charge in [-0.3, -0.25) is 0 Å². The van der Waals surface area contributed by atoms with E-state index < -0.39 is 0 Å². The number of nitrogens with one attached hydrogen (secondary N) is 1. The first-order valence-corrected chi connectivity index (χ1v) is 9.80. The van der Waals surface area contributed by atoms with Gasteiger partial charge in [0, 0.05) is 31.3 Å². The molecule has 0 atom stereocenters. The molecule has 1 aromatic carbocycles. The van der Waals surface area contributed by atoms with Gasteiger partial charge in [0.15, 0.2) is 5.82 Å². The van der Waals surface area contributed by atoms with Crippen molar-refractivity contribution in [3.8, 4) is 11.4 Å². The molecule has 2 aromatic rings. The van der Waals surface area contributed by atoms with Crippen LogP contribution >= 0.6 is 0 Å². The fraction of sp³-hybridized carbons (Fsp3) is 0.524. The molecule has 0 unspecified atom stereocenters. The Morgan fingerprint density at radius 3 is 2.42 bits per heavy atom. The van der Waals surface area contributed by atoms with Gasteiger partial charge in [-0.2, -0.15) is 0 Å². The van der Waals surface area contributed by atoms with E-state index in [0.717, 1.165) is 55.6 Å². The molecule has 1 aromatic heterocycles. The first-order chi connectivity index (χ1) is 12.7. The average molecular weight is 354 g/mol. The van der Waals surface area contributed by atoms with Gasteiger partial charge in [-0.25, -0.2) is 9.97 Å². The van der Waals surface area contributed by atoms with Crippen LogP contribution in [0.25, 0.3) is 11.4 Å². The lowest BCUT2D eigenvalue weighted by atomic mass is 10.2. The Morgan fingerprint density at radius 1 is 1.00 bits per heavy atom. The number of rotatable bonds is 7. The lowest BCUT2D eigenvalue weighted by Crippen LogP contribution is -2.25. The standard InChI is InChI=1S/C21H31N5/c1-25(2)14-10-13-22-19-17-20(26-15-8-3-4-9-16-26)24-21(23-19)18-11-6-5-7-12-18/h5-7,11-12,17H,3-4,8-10,13-16H2,1-2H3,(H,22,23,24). The lowest BCUT2D eigenvalue weighted by Gasteiger charge is -2.22. The van der Waals surface area contributed by atoms with Crippen LogP contribution in [0.15, 0.2) is 36.4 Å². The van der Waals surface area contributed by atoms with E-state index in [2.05, 4.69) is 47.4 Å². The minimum absolute atomic E-state index is 0.808. The van der Waals surface area contributed by atoms with E-state index in [4.69, 9.17) is 9.97 Å². The SMILES string of the molecule is CN(C)CCCNc1cc(N2CCCCCC2)nc(-c2ccccc2)n1. The van der Waals surface area contributed by atoms with Gasteiger partial charge < -0.3 is 15.1 Å². The Balaban J connectivity index is 1.81. The predicted octanol–water partition coefficient (Wildman–Crippen LogP) is 3.89. The third-order valence-electron chi connectivity index (χ3n) is 4.76. The minimum atomic E-state index is 0.808. The molecule has 5 heteroatoms. The molecule has 0 bridgehead atoms. The molecule has 1 saturated heterocycles. The van der Waals surface area contributed by atoms with Gasteiger partial charge in [-0.1, -0.05) is 43.2 Å². The van der Waals surface area contributed by atoms with Crippen LogP contribution in [0.2, 0.25) is 0 Å². The van der Waals surface area contributed by atoms with E-state index in [1.165, 1.54) is 25.7 Å². The van der Waals surface area contributed by atoms with Crippen LogP contribution in [0.4, 0.5) is 11.6 Å². The summed E-state index contributed by atoms with van der Waals surface area (Å²) in [6.07, 6.45) is 6.23. The maximum absolute atomic E-state index is 4.89. The van der Waals surface area contributed by atoms with E-state index in [9.17, 15) is 0 Å². The highest BCUT2D eigenvalue weighted by molar-refractivity contribution is 5.61. The second-order valence-corrected chi connectivity index (χ2v) is 7.29. The monoisotopic (exact) mass is 353 g/mol. The fourth-order valence-electron chi connectivity index (χ4n) is 3.31. The molecule has 1 fully saturated rings. The number of aromatic nitrogens is 2. The van der Waals surface area contributed by atoms with Crippen molar-refractivity contribution in [2.24, 2.45) is 0 Å². The van der Waals surface area contributed by atoms with Crippen LogP contribution in [0.3, 0.4) is 0 Å². The number of benzene rings is 1. The summed E-state index contributed by atoms with van der Waals surface area (Å²) in [6, 6.07) is 12.4. The van der Waals surface area contributed by atoms with Crippen molar-refractivity contribution in [3.05, 3.63) is 36.4 Å². The quantitative estimate of drug-likeness (QED) is 0.765. The van der Waals surface area contributed by atoms with Crippen molar-refractivity contribution >= 4 is 11.6 Å². The van der Waals surface area contributed by atoms with Crippen LogP contribution in [-0.2, 0) is 0 Å². The van der Waals surface area contributed by atoms with Crippen molar-refractivity contribution < 1.29 is 0 Å². The minimum Gasteiger partial charge on any atom is -0.370 e.